The summed E-state index contributed by atoms with van der Waals surface area (Å²) in [6.45, 7) is 2.18. The zero-order chi connectivity index (χ0) is 13.0. The Morgan fingerprint density at radius 2 is 1.50 bits per heavy atom. The second-order valence-electron chi connectivity index (χ2n) is 4.69. The van der Waals surface area contributed by atoms with Crippen molar-refractivity contribution in [3.05, 3.63) is 60.2 Å². The molecule has 0 fully saturated rings. The lowest BCUT2D eigenvalue weighted by Crippen LogP contribution is -2.13. The predicted molar refractivity (Wildman–Crippen MR) is 79.2 cm³/mol. The van der Waals surface area contributed by atoms with Crippen LogP contribution in [-0.4, -0.2) is 14.1 Å². The van der Waals surface area contributed by atoms with Gasteiger partial charge in [0.1, 0.15) is 0 Å². The van der Waals surface area contributed by atoms with Gasteiger partial charge in [0.15, 0.2) is 0 Å². The van der Waals surface area contributed by atoms with Crippen LogP contribution in [0.4, 0.5) is 11.4 Å². The average Bonchev–Trinajstić information content (AvgIpc) is 2.40. The minimum absolute atomic E-state index is 0.298. The third-order valence-corrected chi connectivity index (χ3v) is 3.06. The Bertz CT molecular complexity index is 491. The van der Waals surface area contributed by atoms with Crippen molar-refractivity contribution in [2.45, 2.75) is 13.0 Å². The summed E-state index contributed by atoms with van der Waals surface area (Å²) in [5.41, 5.74) is 3.67. The highest BCUT2D eigenvalue weighted by molar-refractivity contribution is 5.69. The maximum atomic E-state index is 3.57. The Morgan fingerprint density at radius 1 is 0.889 bits per heavy atom. The lowest BCUT2D eigenvalue weighted by molar-refractivity contribution is 0.883. The van der Waals surface area contributed by atoms with Crippen LogP contribution in [0.3, 0.4) is 0 Å². The standard InChI is InChI=1S/C16H20N2/c1-13(14-9-5-4-6-10-14)17-15-11-7-8-12-16(15)18(2)3/h4-13,17H,1-3H3. The highest BCUT2D eigenvalue weighted by atomic mass is 15.1. The lowest BCUT2D eigenvalue weighted by atomic mass is 10.1. The van der Waals surface area contributed by atoms with E-state index in [9.17, 15) is 0 Å². The number of para-hydroxylation sites is 2. The van der Waals surface area contributed by atoms with Gasteiger partial charge in [0.05, 0.1) is 11.4 Å². The molecule has 0 spiro atoms. The topological polar surface area (TPSA) is 15.3 Å². The first-order valence-electron chi connectivity index (χ1n) is 6.26. The molecule has 2 aromatic carbocycles. The molecule has 18 heavy (non-hydrogen) atoms. The average molecular weight is 240 g/mol. The van der Waals surface area contributed by atoms with Crippen LogP contribution in [0.15, 0.2) is 54.6 Å². The highest BCUT2D eigenvalue weighted by Crippen LogP contribution is 2.27. The SMILES string of the molecule is CC(Nc1ccccc1N(C)C)c1ccccc1. The van der Waals surface area contributed by atoms with Gasteiger partial charge in [0.25, 0.3) is 0 Å². The molecule has 1 N–H and O–H groups in total. The van der Waals surface area contributed by atoms with E-state index in [1.54, 1.807) is 0 Å². The predicted octanol–water partition coefficient (Wildman–Crippen LogP) is 3.93. The summed E-state index contributed by atoms with van der Waals surface area (Å²) in [6.07, 6.45) is 0. The van der Waals surface area contributed by atoms with E-state index in [1.165, 1.54) is 16.9 Å². The number of nitrogens with zero attached hydrogens (tertiary/aromatic N) is 1. The molecule has 0 aliphatic rings. The van der Waals surface area contributed by atoms with Crippen molar-refractivity contribution in [3.63, 3.8) is 0 Å². The molecule has 2 nitrogen and oxygen atoms in total. The molecule has 1 atom stereocenters. The van der Waals surface area contributed by atoms with E-state index in [2.05, 4.69) is 79.8 Å². The van der Waals surface area contributed by atoms with Crippen LogP contribution in [0, 0.1) is 0 Å². The first-order chi connectivity index (χ1) is 8.68. The van der Waals surface area contributed by atoms with Crippen molar-refractivity contribution >= 4 is 11.4 Å². The fraction of sp³-hybridized carbons (Fsp3) is 0.250. The van der Waals surface area contributed by atoms with E-state index < -0.39 is 0 Å². The minimum Gasteiger partial charge on any atom is -0.377 e. The molecule has 2 rings (SSSR count). The highest BCUT2D eigenvalue weighted by Gasteiger charge is 2.08. The molecule has 2 aromatic rings. The van der Waals surface area contributed by atoms with Crippen molar-refractivity contribution < 1.29 is 0 Å². The smallest absolute Gasteiger partial charge is 0.0596 e. The fourth-order valence-electron chi connectivity index (χ4n) is 2.04. The maximum Gasteiger partial charge on any atom is 0.0596 e. The van der Waals surface area contributed by atoms with Gasteiger partial charge in [-0.25, -0.2) is 0 Å². The van der Waals surface area contributed by atoms with E-state index >= 15 is 0 Å². The van der Waals surface area contributed by atoms with Gasteiger partial charge in [-0.1, -0.05) is 42.5 Å². The number of benzene rings is 2. The Kier molecular flexibility index (Phi) is 3.88. The molecule has 94 valence electrons. The number of nitrogens with one attached hydrogen (secondary N) is 1. The molecule has 1 unspecified atom stereocenters. The molecule has 0 aliphatic carbocycles. The Morgan fingerprint density at radius 3 is 2.17 bits per heavy atom. The molecule has 0 aromatic heterocycles. The summed E-state index contributed by atoms with van der Waals surface area (Å²) in [5, 5.41) is 3.57. The third kappa shape index (κ3) is 2.83. The zero-order valence-electron chi connectivity index (χ0n) is 11.2. The van der Waals surface area contributed by atoms with Gasteiger partial charge in [-0.3, -0.25) is 0 Å². The molecule has 0 saturated heterocycles. The largest absolute Gasteiger partial charge is 0.377 e. The maximum absolute atomic E-state index is 3.57. The molecule has 0 bridgehead atoms. The molecule has 0 aliphatic heterocycles. The van der Waals surface area contributed by atoms with Gasteiger partial charge in [-0.2, -0.15) is 0 Å². The van der Waals surface area contributed by atoms with Crippen molar-refractivity contribution in [2.75, 3.05) is 24.3 Å². The van der Waals surface area contributed by atoms with E-state index in [0.717, 1.165) is 0 Å². The molecule has 0 amide bonds. The first kappa shape index (κ1) is 12.5. The van der Waals surface area contributed by atoms with Gasteiger partial charge in [0.2, 0.25) is 0 Å². The number of anilines is 2. The molecular formula is C16H20N2. The van der Waals surface area contributed by atoms with E-state index in [0.29, 0.717) is 6.04 Å². The van der Waals surface area contributed by atoms with Crippen molar-refractivity contribution in [2.24, 2.45) is 0 Å². The second kappa shape index (κ2) is 5.58. The van der Waals surface area contributed by atoms with Gasteiger partial charge >= 0.3 is 0 Å². The zero-order valence-corrected chi connectivity index (χ0v) is 11.2. The van der Waals surface area contributed by atoms with Crippen molar-refractivity contribution in [1.29, 1.82) is 0 Å². The minimum atomic E-state index is 0.298. The number of hydrogen-bond acceptors (Lipinski definition) is 2. The summed E-state index contributed by atoms with van der Waals surface area (Å²) in [7, 11) is 4.13. The van der Waals surface area contributed by atoms with Gasteiger partial charge in [0, 0.05) is 20.1 Å². The first-order valence-corrected chi connectivity index (χ1v) is 6.26. The molecule has 0 radical (unpaired) electrons. The lowest BCUT2D eigenvalue weighted by Gasteiger charge is -2.22. The van der Waals surface area contributed by atoms with Gasteiger partial charge < -0.3 is 10.2 Å². The van der Waals surface area contributed by atoms with Crippen LogP contribution in [-0.2, 0) is 0 Å². The normalized spacial score (nSPS) is 11.9. The van der Waals surface area contributed by atoms with Crippen LogP contribution in [0.5, 0.6) is 0 Å². The van der Waals surface area contributed by atoms with E-state index in [1.807, 2.05) is 6.07 Å². The summed E-state index contributed by atoms with van der Waals surface area (Å²) in [6, 6.07) is 19.2. The van der Waals surface area contributed by atoms with Gasteiger partial charge in [-0.15, -0.1) is 0 Å². The summed E-state index contributed by atoms with van der Waals surface area (Å²) in [4.78, 5) is 2.13. The quantitative estimate of drug-likeness (QED) is 0.871. The number of hydrogen-bond donors (Lipinski definition) is 1. The summed E-state index contributed by atoms with van der Waals surface area (Å²) < 4.78 is 0. The Labute approximate surface area is 109 Å². The van der Waals surface area contributed by atoms with Gasteiger partial charge in [-0.05, 0) is 24.6 Å². The third-order valence-electron chi connectivity index (χ3n) is 3.06. The second-order valence-corrected chi connectivity index (χ2v) is 4.69. The van der Waals surface area contributed by atoms with Crippen LogP contribution in [0.1, 0.15) is 18.5 Å². The van der Waals surface area contributed by atoms with Crippen LogP contribution >= 0.6 is 0 Å². The molecular weight excluding hydrogens is 220 g/mol. The Balaban J connectivity index is 2.19. The molecule has 0 heterocycles. The van der Waals surface area contributed by atoms with E-state index in [4.69, 9.17) is 0 Å². The number of rotatable bonds is 4. The van der Waals surface area contributed by atoms with Crippen LogP contribution in [0.2, 0.25) is 0 Å². The van der Waals surface area contributed by atoms with Crippen LogP contribution in [0.25, 0.3) is 0 Å². The molecule has 2 heteroatoms. The van der Waals surface area contributed by atoms with E-state index in [-0.39, 0.29) is 0 Å². The van der Waals surface area contributed by atoms with Crippen LogP contribution < -0.4 is 10.2 Å². The summed E-state index contributed by atoms with van der Waals surface area (Å²) >= 11 is 0. The monoisotopic (exact) mass is 240 g/mol. The van der Waals surface area contributed by atoms with Crippen molar-refractivity contribution in [3.8, 4) is 0 Å². The van der Waals surface area contributed by atoms with Crippen molar-refractivity contribution in [1.82, 2.24) is 0 Å². The molecule has 0 saturated carbocycles. The fourth-order valence-corrected chi connectivity index (χ4v) is 2.04. The Hall–Kier alpha value is -1.96. The summed E-state index contributed by atoms with van der Waals surface area (Å²) in [5.74, 6) is 0.